The van der Waals surface area contributed by atoms with Crippen LogP contribution in [-0.2, 0) is 0 Å². The van der Waals surface area contributed by atoms with E-state index in [0.717, 1.165) is 42.7 Å². The van der Waals surface area contributed by atoms with E-state index < -0.39 is 0 Å². The van der Waals surface area contributed by atoms with Crippen LogP contribution < -0.4 is 5.73 Å². The predicted octanol–water partition coefficient (Wildman–Crippen LogP) is 5.29. The van der Waals surface area contributed by atoms with Crippen LogP contribution >= 0.6 is 23.1 Å². The summed E-state index contributed by atoms with van der Waals surface area (Å²) in [6, 6.07) is 10.1. The first kappa shape index (κ1) is 17.9. The normalized spacial score (nSPS) is 11.1. The number of hydrogen-bond acceptors (Lipinski definition) is 7. The third-order valence-electron chi connectivity index (χ3n) is 4.15. The van der Waals surface area contributed by atoms with E-state index >= 15 is 0 Å². The Bertz CT molecular complexity index is 1050. The first-order valence-electron chi connectivity index (χ1n) is 8.81. The number of nitrogens with two attached hydrogens (primary N) is 1. The van der Waals surface area contributed by atoms with Crippen LogP contribution in [0, 0.1) is 0 Å². The fourth-order valence-corrected chi connectivity index (χ4v) is 5.19. The van der Waals surface area contributed by atoms with Crippen molar-refractivity contribution in [3.63, 3.8) is 0 Å². The van der Waals surface area contributed by atoms with E-state index in [1.807, 2.05) is 30.3 Å². The molecule has 0 unspecified atom stereocenters. The molecule has 7 heteroatoms. The molecule has 4 aromatic rings. The third kappa shape index (κ3) is 3.65. The van der Waals surface area contributed by atoms with Gasteiger partial charge in [-0.3, -0.25) is 0 Å². The van der Waals surface area contributed by atoms with Crippen LogP contribution in [0.25, 0.3) is 32.9 Å². The summed E-state index contributed by atoms with van der Waals surface area (Å²) in [6.07, 6.45) is 7.31. The number of thiophene rings is 1. The maximum absolute atomic E-state index is 6.53. The van der Waals surface area contributed by atoms with Crippen molar-refractivity contribution in [2.24, 2.45) is 0 Å². The van der Waals surface area contributed by atoms with Crippen LogP contribution in [0.15, 0.2) is 53.3 Å². The highest BCUT2D eigenvalue weighted by Crippen LogP contribution is 2.44. The number of thioether (sulfide) groups is 1. The lowest BCUT2D eigenvalue weighted by atomic mass is 10.1. The van der Waals surface area contributed by atoms with Crippen LogP contribution in [0.4, 0.5) is 5.69 Å². The lowest BCUT2D eigenvalue weighted by molar-refractivity contribution is 0.897. The molecule has 1 aromatic carbocycles. The summed E-state index contributed by atoms with van der Waals surface area (Å²) < 4.78 is 1.12. The monoisotopic (exact) mass is 393 g/mol. The highest BCUT2D eigenvalue weighted by atomic mass is 32.2. The van der Waals surface area contributed by atoms with Gasteiger partial charge < -0.3 is 5.73 Å². The molecule has 4 rings (SSSR count). The van der Waals surface area contributed by atoms with Gasteiger partial charge in [0.15, 0.2) is 5.82 Å². The number of anilines is 1. The number of fused-ring (bicyclic) bond motifs is 1. The fourth-order valence-electron chi connectivity index (χ4n) is 2.77. The second-order valence-corrected chi connectivity index (χ2v) is 8.44. The van der Waals surface area contributed by atoms with Crippen molar-refractivity contribution in [3.05, 3.63) is 49.1 Å². The highest BCUT2D eigenvalue weighted by Gasteiger charge is 2.19. The van der Waals surface area contributed by atoms with Gasteiger partial charge >= 0.3 is 0 Å². The SMILES string of the molecule is CCCCSc1sc2nc(-c3cncnc3)nc(-c3ccccc3)c2c1N. The molecule has 0 aliphatic rings. The van der Waals surface area contributed by atoms with E-state index in [1.165, 1.54) is 19.2 Å². The van der Waals surface area contributed by atoms with Gasteiger partial charge in [-0.25, -0.2) is 19.9 Å². The minimum absolute atomic E-state index is 0.619. The van der Waals surface area contributed by atoms with Gasteiger partial charge in [-0.2, -0.15) is 0 Å². The van der Waals surface area contributed by atoms with E-state index in [1.54, 1.807) is 35.5 Å². The third-order valence-corrected chi connectivity index (χ3v) is 6.62. The molecule has 0 fully saturated rings. The Balaban J connectivity index is 1.91. The maximum Gasteiger partial charge on any atom is 0.164 e. The number of aromatic nitrogens is 4. The average Bonchev–Trinajstić information content (AvgIpc) is 3.04. The van der Waals surface area contributed by atoms with Crippen molar-refractivity contribution < 1.29 is 0 Å². The summed E-state index contributed by atoms with van der Waals surface area (Å²) in [5.41, 5.74) is 9.99. The van der Waals surface area contributed by atoms with Crippen molar-refractivity contribution in [1.82, 2.24) is 19.9 Å². The predicted molar refractivity (Wildman–Crippen MR) is 114 cm³/mol. The molecule has 0 aliphatic heterocycles. The van der Waals surface area contributed by atoms with Gasteiger partial charge in [-0.05, 0) is 12.2 Å². The Kier molecular flexibility index (Phi) is 5.31. The molecule has 0 atom stereocenters. The molecule has 0 saturated carbocycles. The van der Waals surface area contributed by atoms with Crippen molar-refractivity contribution in [3.8, 4) is 22.6 Å². The van der Waals surface area contributed by atoms with Crippen LogP contribution in [0.5, 0.6) is 0 Å². The van der Waals surface area contributed by atoms with Crippen molar-refractivity contribution in [2.75, 3.05) is 11.5 Å². The van der Waals surface area contributed by atoms with E-state index in [4.69, 9.17) is 15.7 Å². The summed E-state index contributed by atoms with van der Waals surface area (Å²) in [5, 5.41) is 0.936. The average molecular weight is 394 g/mol. The fraction of sp³-hybridized carbons (Fsp3) is 0.200. The van der Waals surface area contributed by atoms with Crippen molar-refractivity contribution in [1.29, 1.82) is 0 Å². The Hall–Kier alpha value is -2.51. The Morgan fingerprint density at radius 1 is 1.04 bits per heavy atom. The molecule has 5 nitrogen and oxygen atoms in total. The summed E-state index contributed by atoms with van der Waals surface area (Å²) in [7, 11) is 0. The molecule has 0 saturated heterocycles. The molecule has 0 bridgehead atoms. The Morgan fingerprint density at radius 2 is 1.81 bits per heavy atom. The summed E-state index contributed by atoms with van der Waals surface area (Å²) >= 11 is 3.44. The first-order valence-corrected chi connectivity index (χ1v) is 10.6. The molecule has 0 spiro atoms. The van der Waals surface area contributed by atoms with Gasteiger partial charge in [-0.1, -0.05) is 43.7 Å². The Morgan fingerprint density at radius 3 is 2.56 bits per heavy atom. The molecule has 3 heterocycles. The number of unbranched alkanes of at least 4 members (excludes halogenated alkanes) is 1. The largest absolute Gasteiger partial charge is 0.397 e. The quantitative estimate of drug-likeness (QED) is 0.354. The van der Waals surface area contributed by atoms with Gasteiger partial charge in [0.2, 0.25) is 0 Å². The smallest absolute Gasteiger partial charge is 0.164 e. The molecular weight excluding hydrogens is 374 g/mol. The summed E-state index contributed by atoms with van der Waals surface area (Å²) in [6.45, 7) is 2.20. The summed E-state index contributed by atoms with van der Waals surface area (Å²) in [4.78, 5) is 18.7. The lowest BCUT2D eigenvalue weighted by Gasteiger charge is -2.07. The van der Waals surface area contributed by atoms with Gasteiger partial charge in [0.1, 0.15) is 11.2 Å². The maximum atomic E-state index is 6.53. The lowest BCUT2D eigenvalue weighted by Crippen LogP contribution is -1.96. The number of nitrogen functional groups attached to an aromatic ring is 1. The van der Waals surface area contributed by atoms with Crippen molar-refractivity contribution in [2.45, 2.75) is 24.0 Å². The summed E-state index contributed by atoms with van der Waals surface area (Å²) in [5.74, 6) is 1.68. The standard InChI is InChI=1S/C20H19N5S2/c1-2-3-9-26-20-16(21)15-17(13-7-5-4-6-8-13)24-18(25-19(15)27-20)14-10-22-12-23-11-14/h4-8,10-12H,2-3,9,21H2,1H3. The van der Waals surface area contributed by atoms with E-state index in [0.29, 0.717) is 5.82 Å². The highest BCUT2D eigenvalue weighted by molar-refractivity contribution is 8.01. The van der Waals surface area contributed by atoms with Crippen LogP contribution in [0.3, 0.4) is 0 Å². The molecule has 136 valence electrons. The number of nitrogens with zero attached hydrogens (tertiary/aromatic N) is 4. The van der Waals surface area contributed by atoms with Crippen LogP contribution in [0.1, 0.15) is 19.8 Å². The molecule has 3 aromatic heterocycles. The van der Waals surface area contributed by atoms with Gasteiger partial charge in [0.05, 0.1) is 26.5 Å². The molecular formula is C20H19N5S2. The van der Waals surface area contributed by atoms with Gasteiger partial charge in [-0.15, -0.1) is 23.1 Å². The second kappa shape index (κ2) is 8.02. The first-order chi connectivity index (χ1) is 13.3. The molecule has 0 amide bonds. The zero-order chi connectivity index (χ0) is 18.6. The second-order valence-electron chi connectivity index (χ2n) is 6.07. The van der Waals surface area contributed by atoms with Gasteiger partial charge in [0.25, 0.3) is 0 Å². The minimum Gasteiger partial charge on any atom is -0.397 e. The number of rotatable bonds is 6. The molecule has 27 heavy (non-hydrogen) atoms. The van der Waals surface area contributed by atoms with Crippen molar-refractivity contribution >= 4 is 39.0 Å². The topological polar surface area (TPSA) is 77.6 Å². The molecule has 2 N–H and O–H groups in total. The van der Waals surface area contributed by atoms with E-state index in [9.17, 15) is 0 Å². The zero-order valence-electron chi connectivity index (χ0n) is 14.9. The number of hydrogen-bond donors (Lipinski definition) is 1. The van der Waals surface area contributed by atoms with Gasteiger partial charge in [0, 0.05) is 18.0 Å². The number of benzene rings is 1. The van der Waals surface area contributed by atoms with Crippen LogP contribution in [-0.4, -0.2) is 25.7 Å². The minimum atomic E-state index is 0.619. The molecule has 0 radical (unpaired) electrons. The molecule has 0 aliphatic carbocycles. The Labute approximate surface area is 166 Å². The van der Waals surface area contributed by atoms with Crippen LogP contribution in [0.2, 0.25) is 0 Å². The van der Waals surface area contributed by atoms with E-state index in [2.05, 4.69) is 16.9 Å². The van der Waals surface area contributed by atoms with E-state index in [-0.39, 0.29) is 0 Å². The zero-order valence-corrected chi connectivity index (χ0v) is 16.6.